The minimum Gasteiger partial charge on any atom is -0.506 e. The van der Waals surface area contributed by atoms with E-state index in [4.69, 9.17) is 0 Å². The number of fused-ring (bicyclic) bond motifs is 1. The lowest BCUT2D eigenvalue weighted by Crippen LogP contribution is -2.10. The molecule has 0 atom stereocenters. The Hall–Kier alpha value is -1.90. The van der Waals surface area contributed by atoms with E-state index in [1.807, 2.05) is 12.1 Å². The third kappa shape index (κ3) is 2.21. The van der Waals surface area contributed by atoms with Gasteiger partial charge < -0.3 is 5.11 Å². The average Bonchev–Trinajstić information content (AvgIpc) is 2.71. The van der Waals surface area contributed by atoms with Gasteiger partial charge in [0.05, 0.1) is 5.57 Å². The van der Waals surface area contributed by atoms with Crippen molar-refractivity contribution in [1.82, 2.24) is 0 Å². The maximum atomic E-state index is 12.2. The zero-order valence-electron chi connectivity index (χ0n) is 10.8. The Morgan fingerprint density at radius 2 is 1.79 bits per heavy atom. The van der Waals surface area contributed by atoms with Gasteiger partial charge in [0, 0.05) is 23.4 Å². The van der Waals surface area contributed by atoms with Crippen LogP contribution in [0.2, 0.25) is 0 Å². The lowest BCUT2D eigenvalue weighted by molar-refractivity contribution is 0.104. The Labute approximate surface area is 112 Å². The van der Waals surface area contributed by atoms with Crippen LogP contribution in [0.4, 0.5) is 0 Å². The Bertz CT molecular complexity index is 566. The molecule has 2 aliphatic rings. The maximum absolute atomic E-state index is 12.2. The molecule has 1 aromatic rings. The molecule has 0 radical (unpaired) electrons. The van der Waals surface area contributed by atoms with Crippen molar-refractivity contribution in [2.75, 3.05) is 0 Å². The van der Waals surface area contributed by atoms with E-state index >= 15 is 0 Å². The highest BCUT2D eigenvalue weighted by Crippen LogP contribution is 2.30. The second-order valence-corrected chi connectivity index (χ2v) is 5.21. The van der Waals surface area contributed by atoms with Crippen LogP contribution in [0.5, 0.6) is 0 Å². The molecule has 3 rings (SSSR count). The number of aliphatic hydroxyl groups is 1. The molecule has 1 N–H and O–H groups in total. The van der Waals surface area contributed by atoms with E-state index in [0.717, 1.165) is 12.8 Å². The molecule has 0 unspecified atom stereocenters. The van der Waals surface area contributed by atoms with Gasteiger partial charge in [-0.05, 0) is 12.8 Å². The summed E-state index contributed by atoms with van der Waals surface area (Å²) >= 11 is 0. The van der Waals surface area contributed by atoms with Crippen molar-refractivity contribution in [3.63, 3.8) is 0 Å². The zero-order valence-corrected chi connectivity index (χ0v) is 10.8. The van der Waals surface area contributed by atoms with Crippen LogP contribution in [0.3, 0.4) is 0 Å². The van der Waals surface area contributed by atoms with Crippen molar-refractivity contribution >= 4 is 17.8 Å². The quantitative estimate of drug-likeness (QED) is 0.821. The molecule has 1 aromatic carbocycles. The molecule has 2 aliphatic carbocycles. The smallest absolute Gasteiger partial charge is 0.199 e. The van der Waals surface area contributed by atoms with Crippen molar-refractivity contribution in [2.24, 2.45) is 4.99 Å². The maximum Gasteiger partial charge on any atom is 0.199 e. The molecular formula is C16H17NO2. The van der Waals surface area contributed by atoms with E-state index in [1.165, 1.54) is 19.3 Å². The molecule has 0 bridgehead atoms. The van der Waals surface area contributed by atoms with Crippen LogP contribution in [0.15, 0.2) is 34.8 Å². The van der Waals surface area contributed by atoms with Crippen molar-refractivity contribution < 1.29 is 9.90 Å². The molecular weight excluding hydrogens is 238 g/mol. The van der Waals surface area contributed by atoms with E-state index < -0.39 is 0 Å². The highest BCUT2D eigenvalue weighted by molar-refractivity contribution is 6.30. The minimum atomic E-state index is -0.118. The predicted molar refractivity (Wildman–Crippen MR) is 75.7 cm³/mol. The number of ketones is 1. The van der Waals surface area contributed by atoms with Crippen LogP contribution in [-0.4, -0.2) is 23.1 Å². The molecule has 1 saturated carbocycles. The second kappa shape index (κ2) is 5.00. The Kier molecular flexibility index (Phi) is 3.20. The molecule has 19 heavy (non-hydrogen) atoms. The SMILES string of the molecule is O=C1C(C=NC2CCCCC2)=C(O)c2ccccc21. The van der Waals surface area contributed by atoms with E-state index in [1.54, 1.807) is 18.3 Å². The monoisotopic (exact) mass is 255 g/mol. The van der Waals surface area contributed by atoms with Gasteiger partial charge in [-0.2, -0.15) is 0 Å². The topological polar surface area (TPSA) is 49.7 Å². The number of rotatable bonds is 2. The summed E-state index contributed by atoms with van der Waals surface area (Å²) in [7, 11) is 0. The number of carbonyl (C=O) groups is 1. The Balaban J connectivity index is 1.84. The summed E-state index contributed by atoms with van der Waals surface area (Å²) in [5.41, 5.74) is 1.54. The molecule has 0 spiro atoms. The highest BCUT2D eigenvalue weighted by atomic mass is 16.3. The summed E-state index contributed by atoms with van der Waals surface area (Å²) in [6.45, 7) is 0. The summed E-state index contributed by atoms with van der Waals surface area (Å²) in [6.07, 6.45) is 7.46. The molecule has 0 heterocycles. The highest BCUT2D eigenvalue weighted by Gasteiger charge is 2.28. The number of benzene rings is 1. The first-order valence-corrected chi connectivity index (χ1v) is 6.88. The standard InChI is InChI=1S/C16H17NO2/c18-15-12-8-4-5-9-13(12)16(19)14(15)10-17-11-6-2-1-3-7-11/h4-5,8-11,18H,1-3,6-7H2. The van der Waals surface area contributed by atoms with Gasteiger partial charge >= 0.3 is 0 Å². The number of nitrogens with zero attached hydrogens (tertiary/aromatic N) is 1. The van der Waals surface area contributed by atoms with Crippen LogP contribution in [0.25, 0.3) is 5.76 Å². The van der Waals surface area contributed by atoms with Crippen LogP contribution >= 0.6 is 0 Å². The van der Waals surface area contributed by atoms with Gasteiger partial charge in [0.2, 0.25) is 0 Å². The zero-order chi connectivity index (χ0) is 13.2. The van der Waals surface area contributed by atoms with Gasteiger partial charge in [0.15, 0.2) is 5.78 Å². The molecule has 0 aromatic heterocycles. The third-order valence-electron chi connectivity index (χ3n) is 3.92. The van der Waals surface area contributed by atoms with Gasteiger partial charge in [-0.3, -0.25) is 9.79 Å². The minimum absolute atomic E-state index is 0.0696. The molecule has 98 valence electrons. The largest absolute Gasteiger partial charge is 0.506 e. The van der Waals surface area contributed by atoms with Gasteiger partial charge in [-0.15, -0.1) is 0 Å². The second-order valence-electron chi connectivity index (χ2n) is 5.21. The summed E-state index contributed by atoms with van der Waals surface area (Å²) in [5.74, 6) is -0.0483. The molecule has 0 aliphatic heterocycles. The fraction of sp³-hybridized carbons (Fsp3) is 0.375. The number of hydrogen-bond acceptors (Lipinski definition) is 3. The van der Waals surface area contributed by atoms with Crippen LogP contribution in [0, 0.1) is 0 Å². The van der Waals surface area contributed by atoms with E-state index in [-0.39, 0.29) is 11.5 Å². The number of hydrogen-bond donors (Lipinski definition) is 1. The fourth-order valence-corrected chi connectivity index (χ4v) is 2.82. The summed E-state index contributed by atoms with van der Waals surface area (Å²) in [5, 5.41) is 10.1. The predicted octanol–water partition coefficient (Wildman–Crippen LogP) is 3.56. The van der Waals surface area contributed by atoms with Gasteiger partial charge in [-0.1, -0.05) is 43.5 Å². The Morgan fingerprint density at radius 3 is 2.47 bits per heavy atom. The summed E-state index contributed by atoms with van der Waals surface area (Å²) < 4.78 is 0. The lowest BCUT2D eigenvalue weighted by atomic mass is 9.96. The third-order valence-corrected chi connectivity index (χ3v) is 3.92. The molecule has 3 heteroatoms. The Morgan fingerprint density at radius 1 is 1.11 bits per heavy atom. The molecule has 0 saturated heterocycles. The van der Waals surface area contributed by atoms with Crippen LogP contribution < -0.4 is 0 Å². The van der Waals surface area contributed by atoms with Crippen molar-refractivity contribution in [3.8, 4) is 0 Å². The summed E-state index contributed by atoms with van der Waals surface area (Å²) in [6, 6.07) is 7.46. The first-order valence-electron chi connectivity index (χ1n) is 6.88. The number of carbonyl (C=O) groups excluding carboxylic acids is 1. The first kappa shape index (κ1) is 12.2. The number of aliphatic imine (C=N–C) groups is 1. The first-order chi connectivity index (χ1) is 9.27. The molecule has 3 nitrogen and oxygen atoms in total. The molecule has 1 fully saturated rings. The van der Waals surface area contributed by atoms with Crippen LogP contribution in [0.1, 0.15) is 48.0 Å². The van der Waals surface area contributed by atoms with Gasteiger partial charge in [0.1, 0.15) is 5.76 Å². The number of allylic oxidation sites excluding steroid dienone is 1. The number of Topliss-reactive ketones (excluding diaryl/α,β-unsaturated/α-hetero) is 1. The van der Waals surface area contributed by atoms with Crippen LogP contribution in [-0.2, 0) is 0 Å². The van der Waals surface area contributed by atoms with E-state index in [0.29, 0.717) is 22.7 Å². The van der Waals surface area contributed by atoms with E-state index in [2.05, 4.69) is 4.99 Å². The van der Waals surface area contributed by atoms with Gasteiger partial charge in [-0.25, -0.2) is 0 Å². The average molecular weight is 255 g/mol. The summed E-state index contributed by atoms with van der Waals surface area (Å²) in [4.78, 5) is 16.7. The van der Waals surface area contributed by atoms with Crippen molar-refractivity contribution in [3.05, 3.63) is 41.0 Å². The van der Waals surface area contributed by atoms with E-state index in [9.17, 15) is 9.90 Å². The normalized spacial score (nSPS) is 20.3. The van der Waals surface area contributed by atoms with Crippen molar-refractivity contribution in [2.45, 2.75) is 38.1 Å². The van der Waals surface area contributed by atoms with Gasteiger partial charge in [0.25, 0.3) is 0 Å². The number of aliphatic hydroxyl groups excluding tert-OH is 1. The lowest BCUT2D eigenvalue weighted by Gasteiger charge is -2.17. The van der Waals surface area contributed by atoms with Crippen molar-refractivity contribution in [1.29, 1.82) is 0 Å². The fourth-order valence-electron chi connectivity index (χ4n) is 2.82. The molecule has 0 amide bonds.